The Kier molecular flexibility index (Phi) is 3.90. The van der Waals surface area contributed by atoms with Gasteiger partial charge in [-0.15, -0.1) is 0 Å². The lowest BCUT2D eigenvalue weighted by molar-refractivity contribution is 0.0697. The van der Waals surface area contributed by atoms with Crippen LogP contribution in [-0.4, -0.2) is 27.9 Å². The molecule has 0 aliphatic heterocycles. The molecule has 5 nitrogen and oxygen atoms in total. The summed E-state index contributed by atoms with van der Waals surface area (Å²) in [6, 6.07) is 5.13. The summed E-state index contributed by atoms with van der Waals surface area (Å²) in [6.45, 7) is 0.602. The van der Waals surface area contributed by atoms with Crippen molar-refractivity contribution in [2.75, 3.05) is 11.9 Å². The second-order valence-corrected chi connectivity index (χ2v) is 5.26. The minimum absolute atomic E-state index is 0.287. The molecule has 6 heteroatoms. The van der Waals surface area contributed by atoms with Gasteiger partial charge in [0.25, 0.3) is 0 Å². The minimum atomic E-state index is -0.930. The molecule has 0 saturated carbocycles. The number of nitrogens with zero attached hydrogens (tertiary/aromatic N) is 3. The smallest absolute Gasteiger partial charge is 0.337 e. The van der Waals surface area contributed by atoms with Gasteiger partial charge in [-0.05, 0) is 18.2 Å². The molecule has 0 aliphatic rings. The van der Waals surface area contributed by atoms with E-state index in [9.17, 15) is 9.90 Å². The topological polar surface area (TPSA) is 58.4 Å². The summed E-state index contributed by atoms with van der Waals surface area (Å²) in [7, 11) is 3.71. The fourth-order valence-electron chi connectivity index (χ4n) is 1.91. The largest absolute Gasteiger partial charge is 0.478 e. The van der Waals surface area contributed by atoms with Crippen LogP contribution in [0.15, 0.2) is 35.1 Å². The van der Waals surface area contributed by atoms with Crippen molar-refractivity contribution in [3.05, 3.63) is 46.2 Å². The summed E-state index contributed by atoms with van der Waals surface area (Å²) >= 11 is 3.37. The van der Waals surface area contributed by atoms with Crippen LogP contribution in [0.1, 0.15) is 15.9 Å². The van der Waals surface area contributed by atoms with Gasteiger partial charge < -0.3 is 10.0 Å². The fourth-order valence-corrected chi connectivity index (χ4v) is 2.26. The van der Waals surface area contributed by atoms with E-state index in [2.05, 4.69) is 21.0 Å². The van der Waals surface area contributed by atoms with E-state index < -0.39 is 5.97 Å². The van der Waals surface area contributed by atoms with Gasteiger partial charge in [0, 0.05) is 36.9 Å². The first-order valence-corrected chi connectivity index (χ1v) is 6.48. The number of carbonyl (C=O) groups is 1. The van der Waals surface area contributed by atoms with Crippen molar-refractivity contribution < 1.29 is 9.90 Å². The van der Waals surface area contributed by atoms with Crippen molar-refractivity contribution in [1.82, 2.24) is 9.78 Å². The average Bonchev–Trinajstić information content (AvgIpc) is 2.74. The number of carboxylic acids is 1. The molecular weight excluding hydrogens is 310 g/mol. The molecule has 0 unspecified atom stereocenters. The summed E-state index contributed by atoms with van der Waals surface area (Å²) in [5, 5.41) is 13.3. The van der Waals surface area contributed by atoms with Gasteiger partial charge in [0.05, 0.1) is 17.4 Å². The third-order valence-corrected chi connectivity index (χ3v) is 3.27. The highest BCUT2D eigenvalue weighted by molar-refractivity contribution is 9.10. The normalized spacial score (nSPS) is 10.5. The van der Waals surface area contributed by atoms with E-state index in [1.54, 1.807) is 29.1 Å². The number of anilines is 1. The predicted octanol–water partition coefficient (Wildman–Crippen LogP) is 2.52. The molecular formula is C13H14BrN3O2. The Morgan fingerprint density at radius 2 is 2.26 bits per heavy atom. The number of rotatable bonds is 4. The number of hydrogen-bond acceptors (Lipinski definition) is 3. The lowest BCUT2D eigenvalue weighted by Gasteiger charge is -2.20. The van der Waals surface area contributed by atoms with E-state index in [0.717, 1.165) is 10.0 Å². The molecule has 0 radical (unpaired) electrons. The third kappa shape index (κ3) is 3.14. The quantitative estimate of drug-likeness (QED) is 0.939. The maximum absolute atomic E-state index is 11.2. The molecule has 1 aromatic heterocycles. The fraction of sp³-hybridized carbons (Fsp3) is 0.231. The molecule has 0 aliphatic carbocycles. The van der Waals surface area contributed by atoms with Crippen LogP contribution < -0.4 is 4.90 Å². The highest BCUT2D eigenvalue weighted by Gasteiger charge is 2.14. The minimum Gasteiger partial charge on any atom is -0.478 e. The monoisotopic (exact) mass is 323 g/mol. The highest BCUT2D eigenvalue weighted by Crippen LogP contribution is 2.25. The van der Waals surface area contributed by atoms with E-state index in [0.29, 0.717) is 12.2 Å². The van der Waals surface area contributed by atoms with Crippen LogP contribution in [0.4, 0.5) is 5.69 Å². The van der Waals surface area contributed by atoms with Crippen LogP contribution in [0.2, 0.25) is 0 Å². The van der Waals surface area contributed by atoms with Gasteiger partial charge >= 0.3 is 5.97 Å². The van der Waals surface area contributed by atoms with Crippen molar-refractivity contribution in [2.45, 2.75) is 6.54 Å². The summed E-state index contributed by atoms with van der Waals surface area (Å²) in [5.41, 5.74) is 1.99. The van der Waals surface area contributed by atoms with Gasteiger partial charge in [-0.25, -0.2) is 4.79 Å². The third-order valence-electron chi connectivity index (χ3n) is 2.78. The maximum atomic E-state index is 11.2. The van der Waals surface area contributed by atoms with E-state index in [-0.39, 0.29) is 5.56 Å². The van der Waals surface area contributed by atoms with Crippen LogP contribution in [0.3, 0.4) is 0 Å². The molecule has 1 N–H and O–H groups in total. The number of aromatic nitrogens is 2. The zero-order chi connectivity index (χ0) is 14.0. The second kappa shape index (κ2) is 5.44. The summed E-state index contributed by atoms with van der Waals surface area (Å²) in [4.78, 5) is 13.1. The molecule has 0 saturated heterocycles. The number of aryl methyl sites for hydroxylation is 1. The zero-order valence-electron chi connectivity index (χ0n) is 10.7. The summed E-state index contributed by atoms with van der Waals surface area (Å²) < 4.78 is 2.58. The van der Waals surface area contributed by atoms with Crippen LogP contribution in [-0.2, 0) is 13.6 Å². The first-order chi connectivity index (χ1) is 8.97. The highest BCUT2D eigenvalue weighted by atomic mass is 79.9. The zero-order valence-corrected chi connectivity index (χ0v) is 12.3. The van der Waals surface area contributed by atoms with Gasteiger partial charge in [0.1, 0.15) is 0 Å². The van der Waals surface area contributed by atoms with Crippen molar-refractivity contribution in [1.29, 1.82) is 0 Å². The van der Waals surface area contributed by atoms with Crippen molar-refractivity contribution >= 4 is 27.6 Å². The standard InChI is InChI=1S/C13H14BrN3O2/c1-16(7-9-6-15-17(2)8-9)12-5-10(14)3-4-11(12)13(18)19/h3-6,8H,7H2,1-2H3,(H,18,19). The van der Waals surface area contributed by atoms with Gasteiger partial charge in [0.2, 0.25) is 0 Å². The second-order valence-electron chi connectivity index (χ2n) is 4.34. The van der Waals surface area contributed by atoms with Crippen LogP contribution in [0.25, 0.3) is 0 Å². The van der Waals surface area contributed by atoms with Crippen molar-refractivity contribution in [3.8, 4) is 0 Å². The Balaban J connectivity index is 2.29. The van der Waals surface area contributed by atoms with Crippen molar-refractivity contribution in [2.24, 2.45) is 7.05 Å². The lowest BCUT2D eigenvalue weighted by Crippen LogP contribution is -2.19. The Hall–Kier alpha value is -1.82. The molecule has 19 heavy (non-hydrogen) atoms. The Bertz CT molecular complexity index is 610. The molecule has 1 aromatic carbocycles. The Labute approximate surface area is 119 Å². The van der Waals surface area contributed by atoms with Gasteiger partial charge in [-0.3, -0.25) is 4.68 Å². The first kappa shape index (κ1) is 13.6. The van der Waals surface area contributed by atoms with Crippen molar-refractivity contribution in [3.63, 3.8) is 0 Å². The molecule has 100 valence electrons. The van der Waals surface area contributed by atoms with Crippen LogP contribution >= 0.6 is 15.9 Å². The van der Waals surface area contributed by atoms with Gasteiger partial charge in [-0.1, -0.05) is 15.9 Å². The maximum Gasteiger partial charge on any atom is 0.337 e. The van der Waals surface area contributed by atoms with E-state index in [4.69, 9.17) is 0 Å². The van der Waals surface area contributed by atoms with E-state index in [1.165, 1.54) is 0 Å². The Morgan fingerprint density at radius 1 is 1.53 bits per heavy atom. The average molecular weight is 324 g/mol. The SMILES string of the molecule is CN(Cc1cnn(C)c1)c1cc(Br)ccc1C(=O)O. The van der Waals surface area contributed by atoms with E-state index >= 15 is 0 Å². The number of benzene rings is 1. The van der Waals surface area contributed by atoms with Gasteiger partial charge in [-0.2, -0.15) is 5.10 Å². The first-order valence-electron chi connectivity index (χ1n) is 5.69. The molecule has 0 atom stereocenters. The number of hydrogen-bond donors (Lipinski definition) is 1. The predicted molar refractivity (Wildman–Crippen MR) is 76.4 cm³/mol. The molecule has 0 spiro atoms. The Morgan fingerprint density at radius 3 is 2.84 bits per heavy atom. The number of carboxylic acid groups (broad SMARTS) is 1. The van der Waals surface area contributed by atoms with Crippen LogP contribution in [0, 0.1) is 0 Å². The molecule has 0 amide bonds. The lowest BCUT2D eigenvalue weighted by atomic mass is 10.1. The molecule has 0 fully saturated rings. The van der Waals surface area contributed by atoms with Gasteiger partial charge in [0.15, 0.2) is 0 Å². The van der Waals surface area contributed by atoms with Crippen LogP contribution in [0.5, 0.6) is 0 Å². The number of halogens is 1. The summed E-state index contributed by atoms with van der Waals surface area (Å²) in [5.74, 6) is -0.930. The molecule has 1 heterocycles. The molecule has 0 bridgehead atoms. The number of aromatic carboxylic acids is 1. The molecule has 2 rings (SSSR count). The summed E-state index contributed by atoms with van der Waals surface area (Å²) in [6.07, 6.45) is 3.68. The van der Waals surface area contributed by atoms with E-state index in [1.807, 2.05) is 25.2 Å². The molecule has 2 aromatic rings.